The van der Waals surface area contributed by atoms with Gasteiger partial charge in [0.25, 0.3) is 0 Å². The number of nitrogens with one attached hydrogen (secondary N) is 1. The summed E-state index contributed by atoms with van der Waals surface area (Å²) in [6, 6.07) is 0.381. The maximum absolute atomic E-state index is 11.3. The third-order valence-electron chi connectivity index (χ3n) is 3.73. The summed E-state index contributed by atoms with van der Waals surface area (Å²) in [5, 5.41) is 12.5. The van der Waals surface area contributed by atoms with Gasteiger partial charge in [0.1, 0.15) is 5.54 Å². The van der Waals surface area contributed by atoms with Gasteiger partial charge < -0.3 is 9.84 Å². The standard InChI is InChI=1S/C13H23NO3/c1-13(12(15)16,14-10-7-8-10)9-17-11-5-3-2-4-6-11/h10-11,14H,2-9H2,1H3,(H,15,16). The van der Waals surface area contributed by atoms with Crippen molar-refractivity contribution in [3.05, 3.63) is 0 Å². The largest absolute Gasteiger partial charge is 0.480 e. The van der Waals surface area contributed by atoms with Gasteiger partial charge in [-0.05, 0) is 32.6 Å². The molecule has 4 nitrogen and oxygen atoms in total. The molecule has 0 heterocycles. The van der Waals surface area contributed by atoms with Crippen LogP contribution in [0.2, 0.25) is 0 Å². The highest BCUT2D eigenvalue weighted by Gasteiger charge is 2.39. The molecule has 0 aromatic heterocycles. The zero-order chi connectivity index (χ0) is 12.3. The number of carboxylic acid groups (broad SMARTS) is 1. The number of carbonyl (C=O) groups is 1. The zero-order valence-corrected chi connectivity index (χ0v) is 10.6. The topological polar surface area (TPSA) is 58.6 Å². The van der Waals surface area contributed by atoms with E-state index in [-0.39, 0.29) is 12.7 Å². The summed E-state index contributed by atoms with van der Waals surface area (Å²) < 4.78 is 5.79. The number of hydrogen-bond acceptors (Lipinski definition) is 3. The quantitative estimate of drug-likeness (QED) is 0.746. The highest BCUT2D eigenvalue weighted by molar-refractivity contribution is 5.78. The SMILES string of the molecule is CC(COC1CCCCC1)(NC1CC1)C(=O)O. The predicted molar refractivity (Wildman–Crippen MR) is 65.0 cm³/mol. The molecule has 2 rings (SSSR count). The second-order valence-electron chi connectivity index (χ2n) is 5.63. The van der Waals surface area contributed by atoms with Crippen LogP contribution in [0.5, 0.6) is 0 Å². The van der Waals surface area contributed by atoms with Crippen LogP contribution in [0, 0.1) is 0 Å². The van der Waals surface area contributed by atoms with E-state index in [1.165, 1.54) is 19.3 Å². The van der Waals surface area contributed by atoms with Gasteiger partial charge in [-0.2, -0.15) is 0 Å². The summed E-state index contributed by atoms with van der Waals surface area (Å²) in [6.07, 6.45) is 8.32. The first-order valence-electron chi connectivity index (χ1n) is 6.73. The monoisotopic (exact) mass is 241 g/mol. The minimum atomic E-state index is -0.918. The van der Waals surface area contributed by atoms with Gasteiger partial charge in [0, 0.05) is 6.04 Å². The minimum absolute atomic E-state index is 0.267. The Morgan fingerprint density at radius 3 is 2.47 bits per heavy atom. The number of carboxylic acids is 1. The second-order valence-corrected chi connectivity index (χ2v) is 5.63. The van der Waals surface area contributed by atoms with Crippen LogP contribution >= 0.6 is 0 Å². The van der Waals surface area contributed by atoms with Crippen LogP contribution in [-0.2, 0) is 9.53 Å². The summed E-state index contributed by atoms with van der Waals surface area (Å²) in [5.41, 5.74) is -0.918. The molecule has 2 N–H and O–H groups in total. The van der Waals surface area contributed by atoms with Crippen molar-refractivity contribution in [3.8, 4) is 0 Å². The van der Waals surface area contributed by atoms with E-state index >= 15 is 0 Å². The molecule has 0 bridgehead atoms. The lowest BCUT2D eigenvalue weighted by Gasteiger charge is -2.30. The van der Waals surface area contributed by atoms with E-state index < -0.39 is 11.5 Å². The molecule has 2 aliphatic rings. The van der Waals surface area contributed by atoms with E-state index in [0.29, 0.717) is 6.04 Å². The molecule has 98 valence electrons. The number of hydrogen-bond donors (Lipinski definition) is 2. The Hall–Kier alpha value is -0.610. The first-order valence-corrected chi connectivity index (χ1v) is 6.73. The molecule has 4 heteroatoms. The van der Waals surface area contributed by atoms with Crippen LogP contribution in [0.4, 0.5) is 0 Å². The van der Waals surface area contributed by atoms with Crippen molar-refractivity contribution in [2.45, 2.75) is 69.6 Å². The summed E-state index contributed by atoms with van der Waals surface area (Å²) in [6.45, 7) is 2.01. The van der Waals surface area contributed by atoms with Gasteiger partial charge in [-0.1, -0.05) is 19.3 Å². The van der Waals surface area contributed by atoms with Crippen LogP contribution in [0.3, 0.4) is 0 Å². The lowest BCUT2D eigenvalue weighted by molar-refractivity contribution is -0.148. The van der Waals surface area contributed by atoms with Crippen molar-refractivity contribution in [1.29, 1.82) is 0 Å². The maximum Gasteiger partial charge on any atom is 0.326 e. The lowest BCUT2D eigenvalue weighted by Crippen LogP contribution is -2.54. The van der Waals surface area contributed by atoms with Gasteiger partial charge in [0.15, 0.2) is 0 Å². The van der Waals surface area contributed by atoms with Gasteiger partial charge in [0.05, 0.1) is 12.7 Å². The Bertz CT molecular complexity index is 272. The van der Waals surface area contributed by atoms with E-state index in [0.717, 1.165) is 25.7 Å². The highest BCUT2D eigenvalue weighted by Crippen LogP contribution is 2.25. The van der Waals surface area contributed by atoms with Crippen molar-refractivity contribution < 1.29 is 14.6 Å². The van der Waals surface area contributed by atoms with Gasteiger partial charge in [0.2, 0.25) is 0 Å². The summed E-state index contributed by atoms with van der Waals surface area (Å²) in [4.78, 5) is 11.3. The van der Waals surface area contributed by atoms with Gasteiger partial charge in [-0.15, -0.1) is 0 Å². The molecule has 0 amide bonds. The fourth-order valence-corrected chi connectivity index (χ4v) is 2.36. The Morgan fingerprint density at radius 2 is 1.94 bits per heavy atom. The number of aliphatic carboxylic acids is 1. The van der Waals surface area contributed by atoms with Crippen molar-refractivity contribution >= 4 is 5.97 Å². The molecule has 17 heavy (non-hydrogen) atoms. The Labute approximate surface area is 103 Å². The Morgan fingerprint density at radius 1 is 1.29 bits per heavy atom. The van der Waals surface area contributed by atoms with E-state index in [1.807, 2.05) is 0 Å². The molecule has 0 aromatic rings. The molecule has 0 saturated heterocycles. The molecule has 1 unspecified atom stereocenters. The van der Waals surface area contributed by atoms with Crippen LogP contribution < -0.4 is 5.32 Å². The smallest absolute Gasteiger partial charge is 0.326 e. The first-order chi connectivity index (χ1) is 8.10. The van der Waals surface area contributed by atoms with Crippen molar-refractivity contribution in [1.82, 2.24) is 5.32 Å². The molecule has 2 aliphatic carbocycles. The van der Waals surface area contributed by atoms with E-state index in [9.17, 15) is 9.90 Å². The zero-order valence-electron chi connectivity index (χ0n) is 10.6. The van der Waals surface area contributed by atoms with Crippen molar-refractivity contribution in [3.63, 3.8) is 0 Å². The maximum atomic E-state index is 11.3. The molecule has 1 atom stereocenters. The van der Waals surface area contributed by atoms with Crippen LogP contribution in [0.15, 0.2) is 0 Å². The Kier molecular flexibility index (Phi) is 4.05. The van der Waals surface area contributed by atoms with Gasteiger partial charge in [-0.3, -0.25) is 10.1 Å². The van der Waals surface area contributed by atoms with Crippen LogP contribution in [0.1, 0.15) is 51.9 Å². The number of ether oxygens (including phenoxy) is 1. The fraction of sp³-hybridized carbons (Fsp3) is 0.923. The van der Waals surface area contributed by atoms with Gasteiger partial charge in [-0.25, -0.2) is 0 Å². The van der Waals surface area contributed by atoms with E-state index in [4.69, 9.17) is 4.74 Å². The average molecular weight is 241 g/mol. The molecule has 0 aromatic carbocycles. The van der Waals surface area contributed by atoms with Crippen LogP contribution in [0.25, 0.3) is 0 Å². The predicted octanol–water partition coefficient (Wildman–Crippen LogP) is 1.93. The summed E-state index contributed by atoms with van der Waals surface area (Å²) >= 11 is 0. The first kappa shape index (κ1) is 12.8. The highest BCUT2D eigenvalue weighted by atomic mass is 16.5. The van der Waals surface area contributed by atoms with E-state index in [1.54, 1.807) is 6.92 Å². The Balaban J connectivity index is 1.81. The number of rotatable bonds is 6. The van der Waals surface area contributed by atoms with E-state index in [2.05, 4.69) is 5.32 Å². The molecule has 0 spiro atoms. The van der Waals surface area contributed by atoms with Gasteiger partial charge >= 0.3 is 5.97 Å². The average Bonchev–Trinajstić information content (AvgIpc) is 3.11. The molecule has 2 saturated carbocycles. The molecular formula is C13H23NO3. The second kappa shape index (κ2) is 5.36. The minimum Gasteiger partial charge on any atom is -0.480 e. The molecular weight excluding hydrogens is 218 g/mol. The molecule has 0 aliphatic heterocycles. The lowest BCUT2D eigenvalue weighted by atomic mass is 9.97. The third-order valence-corrected chi connectivity index (χ3v) is 3.73. The summed E-state index contributed by atoms with van der Waals surface area (Å²) in [5.74, 6) is -0.805. The normalized spacial score (nSPS) is 25.5. The van der Waals surface area contributed by atoms with Crippen molar-refractivity contribution in [2.24, 2.45) is 0 Å². The summed E-state index contributed by atoms with van der Waals surface area (Å²) in [7, 11) is 0. The fourth-order valence-electron chi connectivity index (χ4n) is 2.36. The van der Waals surface area contributed by atoms with Crippen LogP contribution in [-0.4, -0.2) is 35.4 Å². The van der Waals surface area contributed by atoms with Crippen molar-refractivity contribution in [2.75, 3.05) is 6.61 Å². The molecule has 0 radical (unpaired) electrons. The molecule has 2 fully saturated rings. The third kappa shape index (κ3) is 3.68.